The average Bonchev–Trinajstić information content (AvgIpc) is 3.40. The van der Waals surface area contributed by atoms with Gasteiger partial charge in [-0.15, -0.1) is 10.2 Å². The fourth-order valence-electron chi connectivity index (χ4n) is 4.73. The van der Waals surface area contributed by atoms with E-state index in [0.717, 1.165) is 55.8 Å². The molecule has 6 aromatic rings. The Morgan fingerprint density at radius 3 is 2.50 bits per heavy atom. The molecule has 0 radical (unpaired) electrons. The molecule has 206 valence electrons. The Bertz CT molecular complexity index is 1910. The molecule has 0 saturated carbocycles. The van der Waals surface area contributed by atoms with Crippen LogP contribution < -0.4 is 9.47 Å². The molecule has 0 fully saturated rings. The van der Waals surface area contributed by atoms with Gasteiger partial charge in [0, 0.05) is 35.4 Å². The molecule has 4 aromatic carbocycles. The predicted molar refractivity (Wildman–Crippen MR) is 166 cm³/mol. The Kier molecular flexibility index (Phi) is 7.84. The number of nitriles is 1. The van der Waals surface area contributed by atoms with E-state index in [1.54, 1.807) is 17.8 Å². The predicted octanol–water partition coefficient (Wildman–Crippen LogP) is 8.05. The van der Waals surface area contributed by atoms with Gasteiger partial charge >= 0.3 is 0 Å². The summed E-state index contributed by atoms with van der Waals surface area (Å²) in [5.41, 5.74) is 5.04. The van der Waals surface area contributed by atoms with Crippen LogP contribution in [0.15, 0.2) is 108 Å². The highest BCUT2D eigenvalue weighted by Crippen LogP contribution is 2.37. The van der Waals surface area contributed by atoms with Crippen molar-refractivity contribution in [3.05, 3.63) is 114 Å². The molecule has 0 unspecified atom stereocenters. The summed E-state index contributed by atoms with van der Waals surface area (Å²) in [7, 11) is 1.97. The van der Waals surface area contributed by atoms with Crippen LogP contribution in [0.1, 0.15) is 18.1 Å². The molecule has 6 rings (SSSR count). The van der Waals surface area contributed by atoms with Crippen molar-refractivity contribution in [1.29, 1.82) is 5.26 Å². The molecule has 2 heterocycles. The zero-order valence-electron chi connectivity index (χ0n) is 23.2. The minimum Gasteiger partial charge on any atom is -0.493 e. The second-order valence-corrected chi connectivity index (χ2v) is 10.5. The lowest BCUT2D eigenvalue weighted by Gasteiger charge is -2.14. The molecule has 0 aliphatic carbocycles. The van der Waals surface area contributed by atoms with Crippen LogP contribution >= 0.6 is 11.8 Å². The maximum Gasteiger partial charge on any atom is 0.191 e. The topological polar surface area (TPSA) is 85.9 Å². The Morgan fingerprint density at radius 1 is 0.833 bits per heavy atom. The number of nitrogens with zero attached hydrogens (tertiary/aromatic N) is 5. The van der Waals surface area contributed by atoms with Gasteiger partial charge in [0.25, 0.3) is 0 Å². The minimum atomic E-state index is 0.549. The van der Waals surface area contributed by atoms with E-state index in [1.165, 1.54) is 0 Å². The molecule has 2 aromatic heterocycles. The summed E-state index contributed by atoms with van der Waals surface area (Å²) in [6.07, 6.45) is 0. The van der Waals surface area contributed by atoms with Gasteiger partial charge in [0.1, 0.15) is 17.2 Å². The molecule has 7 nitrogen and oxygen atoms in total. The Hall–Kier alpha value is -5.13. The molecule has 42 heavy (non-hydrogen) atoms. The number of hydrogen-bond acceptors (Lipinski definition) is 7. The second kappa shape index (κ2) is 12.2. The van der Waals surface area contributed by atoms with Crippen LogP contribution in [0, 0.1) is 11.3 Å². The number of para-hydroxylation sites is 2. The number of fused-ring (bicyclic) bond motifs is 1. The van der Waals surface area contributed by atoms with E-state index in [1.807, 2.05) is 116 Å². The van der Waals surface area contributed by atoms with E-state index in [9.17, 15) is 5.26 Å². The first-order chi connectivity index (χ1) is 20.6. The summed E-state index contributed by atoms with van der Waals surface area (Å²) in [4.78, 5) is 5.06. The highest BCUT2D eigenvalue weighted by atomic mass is 32.2. The van der Waals surface area contributed by atoms with Gasteiger partial charge in [-0.2, -0.15) is 5.26 Å². The third kappa shape index (κ3) is 5.69. The molecule has 0 aliphatic heterocycles. The van der Waals surface area contributed by atoms with Crippen molar-refractivity contribution in [2.75, 3.05) is 6.61 Å². The van der Waals surface area contributed by atoms with Crippen molar-refractivity contribution in [3.8, 4) is 46.0 Å². The van der Waals surface area contributed by atoms with Gasteiger partial charge in [-0.3, -0.25) is 0 Å². The number of pyridine rings is 1. The van der Waals surface area contributed by atoms with Gasteiger partial charge in [0.15, 0.2) is 11.0 Å². The van der Waals surface area contributed by atoms with E-state index in [2.05, 4.69) is 16.3 Å². The summed E-state index contributed by atoms with van der Waals surface area (Å²) in [6, 6.07) is 35.4. The number of thioether (sulfide) groups is 1. The van der Waals surface area contributed by atoms with Gasteiger partial charge in [0.05, 0.1) is 29.5 Å². The van der Waals surface area contributed by atoms with E-state index in [0.29, 0.717) is 23.7 Å². The second-order valence-electron chi connectivity index (χ2n) is 9.54. The van der Waals surface area contributed by atoms with Crippen molar-refractivity contribution in [3.63, 3.8) is 0 Å². The molecule has 0 amide bonds. The highest BCUT2D eigenvalue weighted by molar-refractivity contribution is 7.98. The molecule has 0 atom stereocenters. The molecular weight excluding hydrogens is 542 g/mol. The maximum absolute atomic E-state index is 9.25. The van der Waals surface area contributed by atoms with E-state index < -0.39 is 0 Å². The van der Waals surface area contributed by atoms with Crippen molar-refractivity contribution in [2.24, 2.45) is 7.05 Å². The van der Waals surface area contributed by atoms with Gasteiger partial charge in [-0.25, -0.2) is 4.98 Å². The van der Waals surface area contributed by atoms with Gasteiger partial charge in [-0.1, -0.05) is 54.2 Å². The van der Waals surface area contributed by atoms with Crippen molar-refractivity contribution < 1.29 is 9.47 Å². The molecule has 0 saturated heterocycles. The van der Waals surface area contributed by atoms with Crippen LogP contribution in [0.2, 0.25) is 0 Å². The molecule has 0 bridgehead atoms. The number of benzene rings is 4. The van der Waals surface area contributed by atoms with Gasteiger partial charge in [-0.05, 0) is 67.1 Å². The van der Waals surface area contributed by atoms with Crippen LogP contribution in [-0.4, -0.2) is 26.4 Å². The van der Waals surface area contributed by atoms with Crippen LogP contribution in [-0.2, 0) is 12.8 Å². The van der Waals surface area contributed by atoms with Gasteiger partial charge in [0.2, 0.25) is 0 Å². The first kappa shape index (κ1) is 27.1. The quantitative estimate of drug-likeness (QED) is 0.163. The summed E-state index contributed by atoms with van der Waals surface area (Å²) in [6.45, 7) is 2.52. The summed E-state index contributed by atoms with van der Waals surface area (Å²) in [5, 5.41) is 20.1. The molecule has 8 heteroatoms. The van der Waals surface area contributed by atoms with Gasteiger partial charge < -0.3 is 14.0 Å². The van der Waals surface area contributed by atoms with Crippen LogP contribution in [0.25, 0.3) is 33.5 Å². The van der Waals surface area contributed by atoms with Crippen molar-refractivity contribution in [2.45, 2.75) is 17.8 Å². The third-order valence-electron chi connectivity index (χ3n) is 6.72. The van der Waals surface area contributed by atoms with Crippen LogP contribution in [0.4, 0.5) is 0 Å². The summed E-state index contributed by atoms with van der Waals surface area (Å²) >= 11 is 1.58. The lowest BCUT2D eigenvalue weighted by Crippen LogP contribution is -1.99. The van der Waals surface area contributed by atoms with Crippen LogP contribution in [0.5, 0.6) is 17.2 Å². The zero-order valence-corrected chi connectivity index (χ0v) is 24.0. The van der Waals surface area contributed by atoms with Crippen molar-refractivity contribution >= 4 is 22.7 Å². The zero-order chi connectivity index (χ0) is 28.9. The molecular formula is C34H27N5O2S. The monoisotopic (exact) mass is 569 g/mol. The number of aromatic nitrogens is 4. The first-order valence-electron chi connectivity index (χ1n) is 13.5. The normalized spacial score (nSPS) is 10.9. The molecule has 0 spiro atoms. The first-order valence-corrected chi connectivity index (χ1v) is 14.5. The lowest BCUT2D eigenvalue weighted by molar-refractivity contribution is 0.341. The molecule has 0 N–H and O–H groups in total. The number of hydrogen-bond donors (Lipinski definition) is 0. The van der Waals surface area contributed by atoms with Crippen LogP contribution in [0.3, 0.4) is 0 Å². The van der Waals surface area contributed by atoms with E-state index >= 15 is 0 Å². The Labute approximate surface area is 248 Å². The number of ether oxygens (including phenoxy) is 2. The van der Waals surface area contributed by atoms with E-state index in [-0.39, 0.29) is 0 Å². The molecule has 0 aliphatic rings. The van der Waals surface area contributed by atoms with E-state index in [4.69, 9.17) is 14.5 Å². The Balaban J connectivity index is 1.43. The average molecular weight is 570 g/mol. The largest absolute Gasteiger partial charge is 0.493 e. The summed E-state index contributed by atoms with van der Waals surface area (Å²) < 4.78 is 14.1. The minimum absolute atomic E-state index is 0.549. The fraction of sp³-hybridized carbons (Fsp3) is 0.118. The number of rotatable bonds is 9. The summed E-state index contributed by atoms with van der Waals surface area (Å²) in [5.74, 6) is 3.61. The fourth-order valence-corrected chi connectivity index (χ4v) is 5.59. The van der Waals surface area contributed by atoms with Crippen molar-refractivity contribution in [1.82, 2.24) is 19.7 Å². The highest BCUT2D eigenvalue weighted by Gasteiger charge is 2.19. The third-order valence-corrected chi connectivity index (χ3v) is 7.81. The standard InChI is InChI=1S/C34H27N5O2S/c1-3-40-32-15-8-7-14-28(32)31-20-29(27-17-16-26(19-30(27)36-31)41-25-12-5-4-6-13-25)33-37-38-34(39(33)2)42-22-24-11-9-10-23(18-24)21-35/h4-20H,3,22H2,1-2H3. The maximum atomic E-state index is 9.25. The smallest absolute Gasteiger partial charge is 0.191 e. The Morgan fingerprint density at radius 2 is 1.67 bits per heavy atom. The lowest BCUT2D eigenvalue weighted by atomic mass is 10.0. The SMILES string of the molecule is CCOc1ccccc1-c1cc(-c2nnc(SCc3cccc(C#N)c3)n2C)c2ccc(Oc3ccccc3)cc2n1.